The van der Waals surface area contributed by atoms with Crippen LogP contribution in [-0.2, 0) is 19.6 Å². The molecule has 0 aliphatic carbocycles. The summed E-state index contributed by atoms with van der Waals surface area (Å²) in [4.78, 5) is 58.1. The number of likely N-dealkylation sites (tertiary alicyclic amines) is 1. The molecule has 0 radical (unpaired) electrons. The molecule has 43 heavy (non-hydrogen) atoms. The number of nitrogens with one attached hydrogen (secondary N) is 1. The van der Waals surface area contributed by atoms with Crippen molar-refractivity contribution >= 4 is 32.7 Å². The first-order valence-corrected chi connectivity index (χ1v) is 15.4. The Kier molecular flexibility index (Phi) is 8.69. The molecule has 2 aromatic carbocycles. The minimum absolute atomic E-state index is 0.0301. The van der Waals surface area contributed by atoms with Gasteiger partial charge in [0, 0.05) is 24.5 Å². The molecule has 0 spiro atoms. The standard InChI is InChI=1S/C31H32N4O7S/c1-20(2)17-25(33-29(37)21-10-12-24(13-11-21)42-23-8-4-3-5-9-23)30(38)34-16-14-26-28(34)27(36)19-35(26)43(40,41)31(39)22-7-6-15-32-18-22/h3-13,15,18,20,25-26,28H,14,16-17,19H2,1-2H3,(H,33,37). The van der Waals surface area contributed by atoms with Crippen LogP contribution in [0.2, 0.25) is 0 Å². The van der Waals surface area contributed by atoms with Crippen molar-refractivity contribution in [3.63, 3.8) is 0 Å². The van der Waals surface area contributed by atoms with Crippen LogP contribution in [0.3, 0.4) is 0 Å². The molecule has 3 aromatic rings. The van der Waals surface area contributed by atoms with E-state index >= 15 is 0 Å². The van der Waals surface area contributed by atoms with Gasteiger partial charge in [0.05, 0.1) is 18.2 Å². The number of nitrogens with zero attached hydrogens (tertiary/aromatic N) is 3. The number of hydrogen-bond acceptors (Lipinski definition) is 8. The van der Waals surface area contributed by atoms with Crippen molar-refractivity contribution in [2.75, 3.05) is 13.1 Å². The summed E-state index contributed by atoms with van der Waals surface area (Å²) in [7, 11) is -4.53. The molecule has 1 aromatic heterocycles. The topological polar surface area (TPSA) is 143 Å². The van der Waals surface area contributed by atoms with Gasteiger partial charge in [0.15, 0.2) is 5.78 Å². The number of pyridine rings is 1. The summed E-state index contributed by atoms with van der Waals surface area (Å²) in [6, 6.07) is 15.7. The lowest BCUT2D eigenvalue weighted by Crippen LogP contribution is -2.53. The maximum Gasteiger partial charge on any atom is 0.293 e. The largest absolute Gasteiger partial charge is 0.457 e. The van der Waals surface area contributed by atoms with Crippen molar-refractivity contribution in [2.45, 2.75) is 44.8 Å². The Bertz CT molecular complexity index is 1610. The van der Waals surface area contributed by atoms with Gasteiger partial charge in [0.2, 0.25) is 5.91 Å². The van der Waals surface area contributed by atoms with Crippen LogP contribution >= 0.6 is 0 Å². The minimum Gasteiger partial charge on any atom is -0.457 e. The van der Waals surface area contributed by atoms with E-state index in [1.807, 2.05) is 44.2 Å². The molecule has 0 bridgehead atoms. The second kappa shape index (κ2) is 12.4. The average Bonchev–Trinajstić information content (AvgIpc) is 3.58. The molecule has 0 saturated carbocycles. The van der Waals surface area contributed by atoms with Crippen LogP contribution in [0, 0.1) is 5.92 Å². The van der Waals surface area contributed by atoms with E-state index in [4.69, 9.17) is 4.74 Å². The van der Waals surface area contributed by atoms with Gasteiger partial charge in [-0.2, -0.15) is 4.31 Å². The number of ketones is 1. The van der Waals surface area contributed by atoms with Crippen molar-refractivity contribution < 1.29 is 32.3 Å². The predicted octanol–water partition coefficient (Wildman–Crippen LogP) is 3.04. The monoisotopic (exact) mass is 604 g/mol. The van der Waals surface area contributed by atoms with Crippen LogP contribution in [0.25, 0.3) is 0 Å². The number of ether oxygens (including phenoxy) is 1. The van der Waals surface area contributed by atoms with E-state index in [1.165, 1.54) is 23.2 Å². The first kappa shape index (κ1) is 30.1. The normalized spacial score (nSPS) is 19.2. The van der Waals surface area contributed by atoms with Gasteiger partial charge >= 0.3 is 0 Å². The molecule has 11 nitrogen and oxygen atoms in total. The van der Waals surface area contributed by atoms with Crippen LogP contribution in [0.5, 0.6) is 11.5 Å². The van der Waals surface area contributed by atoms with Gasteiger partial charge in [-0.3, -0.25) is 24.2 Å². The molecule has 2 saturated heterocycles. The Balaban J connectivity index is 1.29. The Morgan fingerprint density at radius 2 is 1.67 bits per heavy atom. The second-order valence-electron chi connectivity index (χ2n) is 11.0. The molecular weight excluding hydrogens is 572 g/mol. The van der Waals surface area contributed by atoms with Crippen LogP contribution in [0.1, 0.15) is 47.4 Å². The van der Waals surface area contributed by atoms with E-state index in [9.17, 15) is 27.6 Å². The number of para-hydroxylation sites is 1. The SMILES string of the molecule is CC(C)CC(NC(=O)c1ccc(Oc2ccccc2)cc1)C(=O)N1CCC2C1C(=O)CN2S(=O)(=O)C(=O)c1cccnc1. The minimum atomic E-state index is -4.53. The lowest BCUT2D eigenvalue weighted by Gasteiger charge is -2.29. The zero-order valence-electron chi connectivity index (χ0n) is 23.8. The smallest absolute Gasteiger partial charge is 0.293 e. The quantitative estimate of drug-likeness (QED) is 0.393. The van der Waals surface area contributed by atoms with Crippen molar-refractivity contribution in [1.29, 1.82) is 0 Å². The summed E-state index contributed by atoms with van der Waals surface area (Å²) in [5.74, 6) is -0.179. The molecule has 1 N–H and O–H groups in total. The van der Waals surface area contributed by atoms with Gasteiger partial charge in [0.1, 0.15) is 23.6 Å². The molecule has 2 aliphatic rings. The van der Waals surface area contributed by atoms with Gasteiger partial charge in [0.25, 0.3) is 21.0 Å². The molecule has 2 fully saturated rings. The maximum absolute atomic E-state index is 13.8. The first-order chi connectivity index (χ1) is 20.6. The Labute approximate surface area is 249 Å². The van der Waals surface area contributed by atoms with Crippen molar-refractivity contribution in [1.82, 2.24) is 19.5 Å². The lowest BCUT2D eigenvalue weighted by molar-refractivity contribution is -0.138. The van der Waals surface area contributed by atoms with E-state index in [-0.39, 0.29) is 24.4 Å². The number of sulfonamides is 1. The third kappa shape index (κ3) is 6.35. The summed E-state index contributed by atoms with van der Waals surface area (Å²) in [5.41, 5.74) is 0.216. The van der Waals surface area contributed by atoms with Gasteiger partial charge in [-0.15, -0.1) is 0 Å². The number of amides is 2. The fourth-order valence-electron chi connectivity index (χ4n) is 5.51. The fourth-order valence-corrected chi connectivity index (χ4v) is 7.02. The highest BCUT2D eigenvalue weighted by Crippen LogP contribution is 2.33. The Morgan fingerprint density at radius 1 is 0.977 bits per heavy atom. The highest BCUT2D eigenvalue weighted by atomic mass is 32.2. The van der Waals surface area contributed by atoms with Crippen LogP contribution in [-0.4, -0.2) is 76.5 Å². The van der Waals surface area contributed by atoms with Crippen LogP contribution in [0.15, 0.2) is 79.1 Å². The van der Waals surface area contributed by atoms with Gasteiger partial charge in [-0.25, -0.2) is 8.42 Å². The van der Waals surface area contributed by atoms with Crippen molar-refractivity contribution in [2.24, 2.45) is 5.92 Å². The molecule has 5 rings (SSSR count). The maximum atomic E-state index is 13.8. The predicted molar refractivity (Wildman–Crippen MR) is 157 cm³/mol. The number of hydrogen-bond donors (Lipinski definition) is 1. The van der Waals surface area contributed by atoms with Gasteiger partial charge in [-0.05, 0) is 67.3 Å². The fraction of sp³-hybridized carbons (Fsp3) is 0.323. The number of Topliss-reactive ketones (excluding diaryl/α,β-unsaturated/α-hetero) is 1. The highest BCUT2D eigenvalue weighted by Gasteiger charge is 2.55. The highest BCUT2D eigenvalue weighted by molar-refractivity contribution is 8.04. The molecule has 3 atom stereocenters. The Hall–Kier alpha value is -4.42. The third-order valence-corrected chi connectivity index (χ3v) is 9.23. The summed E-state index contributed by atoms with van der Waals surface area (Å²) in [6.45, 7) is 3.43. The van der Waals surface area contributed by atoms with Crippen LogP contribution in [0.4, 0.5) is 0 Å². The molecule has 12 heteroatoms. The third-order valence-electron chi connectivity index (χ3n) is 7.51. The van der Waals surface area contributed by atoms with Crippen LogP contribution < -0.4 is 10.1 Å². The summed E-state index contributed by atoms with van der Waals surface area (Å²) in [6.07, 6.45) is 3.07. The number of fused-ring (bicyclic) bond motifs is 1. The Morgan fingerprint density at radius 3 is 2.33 bits per heavy atom. The van der Waals surface area contributed by atoms with E-state index < -0.39 is 57.4 Å². The van der Waals surface area contributed by atoms with E-state index in [0.717, 1.165) is 10.5 Å². The second-order valence-corrected chi connectivity index (χ2v) is 12.8. The lowest BCUT2D eigenvalue weighted by atomic mass is 10.0. The van der Waals surface area contributed by atoms with Crippen molar-refractivity contribution in [3.05, 3.63) is 90.3 Å². The van der Waals surface area contributed by atoms with Gasteiger partial charge < -0.3 is 15.0 Å². The number of aromatic nitrogens is 1. The number of benzene rings is 2. The molecule has 2 aliphatic heterocycles. The number of carbonyl (C=O) groups is 4. The molecular formula is C31H32N4O7S. The summed E-state index contributed by atoms with van der Waals surface area (Å²) < 4.78 is 33.1. The van der Waals surface area contributed by atoms with E-state index in [0.29, 0.717) is 23.5 Å². The van der Waals surface area contributed by atoms with E-state index in [1.54, 1.807) is 24.3 Å². The van der Waals surface area contributed by atoms with E-state index in [2.05, 4.69) is 10.3 Å². The van der Waals surface area contributed by atoms with Crippen molar-refractivity contribution in [3.8, 4) is 11.5 Å². The summed E-state index contributed by atoms with van der Waals surface area (Å²) >= 11 is 0. The first-order valence-electron chi connectivity index (χ1n) is 14.0. The average molecular weight is 605 g/mol. The number of rotatable bonds is 9. The zero-order valence-corrected chi connectivity index (χ0v) is 24.6. The molecule has 224 valence electrons. The zero-order chi connectivity index (χ0) is 30.7. The molecule has 3 unspecified atom stereocenters. The molecule has 2 amide bonds. The summed E-state index contributed by atoms with van der Waals surface area (Å²) in [5, 5.41) is 1.66. The number of carbonyl (C=O) groups excluding carboxylic acids is 4. The van der Waals surface area contributed by atoms with Gasteiger partial charge in [-0.1, -0.05) is 32.0 Å². The molecule has 3 heterocycles.